The van der Waals surface area contributed by atoms with E-state index in [1.54, 1.807) is 0 Å². The van der Waals surface area contributed by atoms with Gasteiger partial charge < -0.3 is 5.32 Å². The van der Waals surface area contributed by atoms with E-state index in [-0.39, 0.29) is 0 Å². The largest absolute Gasteiger partial charge is 0.314 e. The maximum absolute atomic E-state index is 3.73. The van der Waals surface area contributed by atoms with Gasteiger partial charge in [0.2, 0.25) is 0 Å². The summed E-state index contributed by atoms with van der Waals surface area (Å²) in [4.78, 5) is 0. The standard InChI is InChI=1S/C14H29N/c1-4-6-12(3)10-14(15-9-5-2)11-13-7-8-13/h12-15H,4-11H2,1-3H3. The topological polar surface area (TPSA) is 12.0 Å². The van der Waals surface area contributed by atoms with E-state index in [4.69, 9.17) is 0 Å². The van der Waals surface area contributed by atoms with Crippen molar-refractivity contribution in [3.63, 3.8) is 0 Å². The van der Waals surface area contributed by atoms with Crippen molar-refractivity contribution < 1.29 is 0 Å². The molecule has 2 unspecified atom stereocenters. The van der Waals surface area contributed by atoms with Gasteiger partial charge in [0.1, 0.15) is 0 Å². The van der Waals surface area contributed by atoms with Gasteiger partial charge in [-0.2, -0.15) is 0 Å². The van der Waals surface area contributed by atoms with Gasteiger partial charge in [0, 0.05) is 6.04 Å². The summed E-state index contributed by atoms with van der Waals surface area (Å²) in [6.45, 7) is 8.18. The fourth-order valence-corrected chi connectivity index (χ4v) is 2.46. The van der Waals surface area contributed by atoms with Crippen LogP contribution >= 0.6 is 0 Å². The monoisotopic (exact) mass is 211 g/mol. The third-order valence-corrected chi connectivity index (χ3v) is 3.47. The molecule has 0 radical (unpaired) electrons. The van der Waals surface area contributed by atoms with Crippen molar-refractivity contribution in [3.8, 4) is 0 Å². The quantitative estimate of drug-likeness (QED) is 0.608. The Kier molecular flexibility index (Phi) is 6.31. The van der Waals surface area contributed by atoms with Gasteiger partial charge in [0.05, 0.1) is 0 Å². The van der Waals surface area contributed by atoms with Gasteiger partial charge in [-0.25, -0.2) is 0 Å². The van der Waals surface area contributed by atoms with E-state index >= 15 is 0 Å². The minimum Gasteiger partial charge on any atom is -0.314 e. The molecule has 1 rings (SSSR count). The first-order valence-electron chi connectivity index (χ1n) is 6.99. The summed E-state index contributed by atoms with van der Waals surface area (Å²) in [7, 11) is 0. The smallest absolute Gasteiger partial charge is 0.00722 e. The van der Waals surface area contributed by atoms with E-state index in [9.17, 15) is 0 Å². The van der Waals surface area contributed by atoms with Crippen molar-refractivity contribution in [2.75, 3.05) is 6.54 Å². The molecule has 15 heavy (non-hydrogen) atoms. The number of hydrogen-bond donors (Lipinski definition) is 1. The maximum Gasteiger partial charge on any atom is 0.00722 e. The zero-order valence-electron chi connectivity index (χ0n) is 10.9. The number of rotatable bonds is 9. The summed E-state index contributed by atoms with van der Waals surface area (Å²) < 4.78 is 0. The fraction of sp³-hybridized carbons (Fsp3) is 1.00. The summed E-state index contributed by atoms with van der Waals surface area (Å²) in [6, 6.07) is 0.805. The van der Waals surface area contributed by atoms with E-state index in [0.29, 0.717) is 0 Å². The second-order valence-electron chi connectivity index (χ2n) is 5.46. The Labute approximate surface area is 96.0 Å². The molecule has 0 aromatic carbocycles. The Hall–Kier alpha value is -0.0400. The lowest BCUT2D eigenvalue weighted by molar-refractivity contribution is 0.356. The van der Waals surface area contributed by atoms with Crippen molar-refractivity contribution in [2.45, 2.75) is 71.8 Å². The summed E-state index contributed by atoms with van der Waals surface area (Å²) in [5.74, 6) is 1.97. The maximum atomic E-state index is 3.73. The Morgan fingerprint density at radius 1 is 1.20 bits per heavy atom. The van der Waals surface area contributed by atoms with Crippen LogP contribution in [0.1, 0.15) is 65.7 Å². The van der Waals surface area contributed by atoms with E-state index in [1.165, 1.54) is 51.5 Å². The zero-order chi connectivity index (χ0) is 11.1. The second kappa shape index (κ2) is 7.27. The van der Waals surface area contributed by atoms with E-state index in [0.717, 1.165) is 17.9 Å². The molecule has 0 aliphatic heterocycles. The molecule has 1 fully saturated rings. The molecule has 1 aliphatic rings. The average molecular weight is 211 g/mol. The molecule has 2 atom stereocenters. The van der Waals surface area contributed by atoms with Gasteiger partial charge in [0.25, 0.3) is 0 Å². The molecule has 0 bridgehead atoms. The first-order valence-corrected chi connectivity index (χ1v) is 6.99. The van der Waals surface area contributed by atoms with Crippen LogP contribution in [0, 0.1) is 11.8 Å². The highest BCUT2D eigenvalue weighted by Gasteiger charge is 2.25. The Balaban J connectivity index is 2.19. The summed E-state index contributed by atoms with van der Waals surface area (Å²) >= 11 is 0. The highest BCUT2D eigenvalue weighted by atomic mass is 14.9. The minimum atomic E-state index is 0.805. The van der Waals surface area contributed by atoms with Crippen LogP contribution in [0.4, 0.5) is 0 Å². The lowest BCUT2D eigenvalue weighted by Crippen LogP contribution is -2.32. The minimum absolute atomic E-state index is 0.805. The zero-order valence-corrected chi connectivity index (χ0v) is 10.9. The van der Waals surface area contributed by atoms with Crippen LogP contribution in [0.15, 0.2) is 0 Å². The van der Waals surface area contributed by atoms with Crippen LogP contribution in [-0.4, -0.2) is 12.6 Å². The molecule has 1 nitrogen and oxygen atoms in total. The van der Waals surface area contributed by atoms with Gasteiger partial charge in [-0.3, -0.25) is 0 Å². The third kappa shape index (κ3) is 6.19. The van der Waals surface area contributed by atoms with Crippen LogP contribution in [-0.2, 0) is 0 Å². The summed E-state index contributed by atoms with van der Waals surface area (Å²) in [6.07, 6.45) is 9.82. The predicted molar refractivity (Wildman–Crippen MR) is 68.1 cm³/mol. The van der Waals surface area contributed by atoms with E-state index < -0.39 is 0 Å². The Bertz CT molecular complexity index is 151. The molecule has 1 aliphatic carbocycles. The lowest BCUT2D eigenvalue weighted by atomic mass is 9.94. The van der Waals surface area contributed by atoms with E-state index in [2.05, 4.69) is 26.1 Å². The van der Waals surface area contributed by atoms with Crippen LogP contribution in [0.3, 0.4) is 0 Å². The summed E-state index contributed by atoms with van der Waals surface area (Å²) in [5, 5.41) is 3.73. The first-order chi connectivity index (χ1) is 7.26. The fourth-order valence-electron chi connectivity index (χ4n) is 2.46. The molecule has 0 heterocycles. The normalized spacial score (nSPS) is 20.2. The van der Waals surface area contributed by atoms with Crippen LogP contribution in [0.2, 0.25) is 0 Å². The van der Waals surface area contributed by atoms with E-state index in [1.807, 2.05) is 0 Å². The third-order valence-electron chi connectivity index (χ3n) is 3.47. The molecule has 0 aromatic heterocycles. The Morgan fingerprint density at radius 2 is 1.93 bits per heavy atom. The van der Waals surface area contributed by atoms with Gasteiger partial charge >= 0.3 is 0 Å². The molecular formula is C14H29N. The van der Waals surface area contributed by atoms with Crippen LogP contribution in [0.5, 0.6) is 0 Å². The molecule has 0 aromatic rings. The number of nitrogens with one attached hydrogen (secondary N) is 1. The highest BCUT2D eigenvalue weighted by Crippen LogP contribution is 2.34. The highest BCUT2D eigenvalue weighted by molar-refractivity contribution is 4.81. The summed E-state index contributed by atoms with van der Waals surface area (Å²) in [5.41, 5.74) is 0. The Morgan fingerprint density at radius 3 is 2.47 bits per heavy atom. The van der Waals surface area contributed by atoms with Crippen LogP contribution in [0.25, 0.3) is 0 Å². The number of hydrogen-bond acceptors (Lipinski definition) is 1. The van der Waals surface area contributed by atoms with Crippen molar-refractivity contribution >= 4 is 0 Å². The van der Waals surface area contributed by atoms with Gasteiger partial charge in [-0.1, -0.05) is 46.5 Å². The van der Waals surface area contributed by atoms with Crippen molar-refractivity contribution in [2.24, 2.45) is 11.8 Å². The SMILES string of the molecule is CCCNC(CC(C)CCC)CC1CC1. The predicted octanol–water partition coefficient (Wildman–Crippen LogP) is 3.98. The second-order valence-corrected chi connectivity index (χ2v) is 5.46. The first kappa shape index (κ1) is 13.0. The molecule has 0 spiro atoms. The molecule has 0 amide bonds. The molecule has 90 valence electrons. The molecule has 1 saturated carbocycles. The van der Waals surface area contributed by atoms with Gasteiger partial charge in [-0.15, -0.1) is 0 Å². The molecule has 0 saturated heterocycles. The van der Waals surface area contributed by atoms with Crippen molar-refractivity contribution in [1.82, 2.24) is 5.32 Å². The van der Waals surface area contributed by atoms with Gasteiger partial charge in [0.15, 0.2) is 0 Å². The molecule has 1 heteroatoms. The lowest BCUT2D eigenvalue weighted by Gasteiger charge is -2.22. The molecule has 1 N–H and O–H groups in total. The molecular weight excluding hydrogens is 182 g/mol. The van der Waals surface area contributed by atoms with Crippen LogP contribution < -0.4 is 5.32 Å². The van der Waals surface area contributed by atoms with Crippen molar-refractivity contribution in [3.05, 3.63) is 0 Å². The van der Waals surface area contributed by atoms with Crippen molar-refractivity contribution in [1.29, 1.82) is 0 Å². The van der Waals surface area contributed by atoms with Gasteiger partial charge in [-0.05, 0) is 37.6 Å². The average Bonchev–Trinajstić information content (AvgIpc) is 2.98.